The third-order valence-electron chi connectivity index (χ3n) is 2.29. The van der Waals surface area contributed by atoms with E-state index in [1.54, 1.807) is 19.1 Å². The summed E-state index contributed by atoms with van der Waals surface area (Å²) in [5, 5.41) is 12.8. The molecule has 7 heteroatoms. The van der Waals surface area contributed by atoms with Gasteiger partial charge in [0.15, 0.2) is 5.71 Å². The quantitative estimate of drug-likeness (QED) is 0.496. The summed E-state index contributed by atoms with van der Waals surface area (Å²) in [7, 11) is 0. The van der Waals surface area contributed by atoms with E-state index < -0.39 is 6.72 Å². The third kappa shape index (κ3) is 4.73. The zero-order valence-corrected chi connectivity index (χ0v) is 12.4. The summed E-state index contributed by atoms with van der Waals surface area (Å²) < 4.78 is 9.66. The van der Waals surface area contributed by atoms with Crippen LogP contribution in [0.3, 0.4) is 0 Å². The molecule has 0 heterocycles. The summed E-state index contributed by atoms with van der Waals surface area (Å²) in [5.41, 5.74) is 1.70. The van der Waals surface area contributed by atoms with Crippen molar-refractivity contribution in [1.29, 1.82) is 5.26 Å². The molecule has 0 saturated carbocycles. The molecule has 19 heavy (non-hydrogen) atoms. The highest BCUT2D eigenvalue weighted by Gasteiger charge is 2.16. The average Bonchev–Trinajstić information content (AvgIpc) is 2.39. The molecule has 0 aromatic heterocycles. The number of nitriles is 1. The average molecular weight is 298 g/mol. The summed E-state index contributed by atoms with van der Waals surface area (Å²) in [6.07, 6.45) is 0.760. The van der Waals surface area contributed by atoms with Gasteiger partial charge >= 0.3 is 6.72 Å². The SMILES string of the molecule is CCOP(O)(=S)ON=C(C#N)c1ccccc1CC. The van der Waals surface area contributed by atoms with E-state index in [4.69, 9.17) is 26.2 Å². The minimum atomic E-state index is -3.41. The van der Waals surface area contributed by atoms with Crippen molar-refractivity contribution in [3.05, 3.63) is 35.4 Å². The zero-order chi connectivity index (χ0) is 14.3. The van der Waals surface area contributed by atoms with Crippen LogP contribution in [0.15, 0.2) is 29.4 Å². The molecular weight excluding hydrogens is 283 g/mol. The van der Waals surface area contributed by atoms with Crippen molar-refractivity contribution in [2.24, 2.45) is 5.16 Å². The van der Waals surface area contributed by atoms with Gasteiger partial charge in [0.2, 0.25) is 0 Å². The molecule has 0 amide bonds. The van der Waals surface area contributed by atoms with Crippen LogP contribution >= 0.6 is 6.72 Å². The molecule has 0 spiro atoms. The standard InChI is InChI=1S/C12H15N2O3PS/c1-3-10-7-5-6-8-11(10)12(9-13)14-17-18(15,19)16-4-2/h5-8H,3-4H2,1-2H3,(H,15,19). The lowest BCUT2D eigenvalue weighted by atomic mass is 10.0. The molecule has 1 atom stereocenters. The molecule has 0 aliphatic heterocycles. The van der Waals surface area contributed by atoms with Crippen LogP contribution in [-0.4, -0.2) is 17.2 Å². The first-order valence-electron chi connectivity index (χ1n) is 5.76. The van der Waals surface area contributed by atoms with Crippen LogP contribution < -0.4 is 0 Å². The molecule has 0 radical (unpaired) electrons. The second-order valence-corrected chi connectivity index (χ2v) is 6.27. The minimum absolute atomic E-state index is 0.0698. The highest BCUT2D eigenvalue weighted by molar-refractivity contribution is 8.07. The number of hydrogen-bond acceptors (Lipinski definition) is 5. The van der Waals surface area contributed by atoms with Gasteiger partial charge in [-0.2, -0.15) is 5.26 Å². The lowest BCUT2D eigenvalue weighted by Crippen LogP contribution is -2.03. The van der Waals surface area contributed by atoms with E-state index in [2.05, 4.69) is 5.16 Å². The molecule has 0 aliphatic rings. The maximum absolute atomic E-state index is 9.60. The van der Waals surface area contributed by atoms with E-state index in [0.717, 1.165) is 12.0 Å². The van der Waals surface area contributed by atoms with Crippen molar-refractivity contribution in [3.8, 4) is 6.07 Å². The first-order chi connectivity index (χ1) is 9.04. The van der Waals surface area contributed by atoms with Gasteiger partial charge in [-0.25, -0.2) is 0 Å². The Balaban J connectivity index is 3.02. The van der Waals surface area contributed by atoms with Gasteiger partial charge in [-0.05, 0) is 18.9 Å². The molecule has 1 aromatic rings. The van der Waals surface area contributed by atoms with Crippen molar-refractivity contribution in [3.63, 3.8) is 0 Å². The normalized spacial score (nSPS) is 14.5. The molecule has 1 N–H and O–H groups in total. The molecule has 102 valence electrons. The minimum Gasteiger partial charge on any atom is -0.314 e. The third-order valence-corrected chi connectivity index (χ3v) is 3.68. The summed E-state index contributed by atoms with van der Waals surface area (Å²) >= 11 is 4.73. The van der Waals surface area contributed by atoms with Crippen LogP contribution in [0.1, 0.15) is 25.0 Å². The Hall–Kier alpha value is -1.25. The van der Waals surface area contributed by atoms with Gasteiger partial charge in [0.1, 0.15) is 6.07 Å². The second-order valence-electron chi connectivity index (χ2n) is 3.53. The molecule has 1 aromatic carbocycles. The maximum atomic E-state index is 9.60. The molecule has 0 aliphatic carbocycles. The van der Waals surface area contributed by atoms with Crippen LogP contribution in [0.2, 0.25) is 0 Å². The lowest BCUT2D eigenvalue weighted by molar-refractivity contribution is 0.211. The first kappa shape index (κ1) is 15.8. The first-order valence-corrected chi connectivity index (χ1v) is 8.35. The Morgan fingerprint density at radius 1 is 1.47 bits per heavy atom. The van der Waals surface area contributed by atoms with Gasteiger partial charge < -0.3 is 9.52 Å². The van der Waals surface area contributed by atoms with Gasteiger partial charge in [0.25, 0.3) is 0 Å². The van der Waals surface area contributed by atoms with Crippen LogP contribution in [0.4, 0.5) is 0 Å². The summed E-state index contributed by atoms with van der Waals surface area (Å²) in [4.78, 5) is 9.60. The molecule has 1 rings (SSSR count). The molecule has 1 unspecified atom stereocenters. The Morgan fingerprint density at radius 3 is 2.74 bits per heavy atom. The van der Waals surface area contributed by atoms with Crippen molar-refractivity contribution in [1.82, 2.24) is 0 Å². The fourth-order valence-corrected chi connectivity index (χ4v) is 2.44. The van der Waals surface area contributed by atoms with E-state index in [-0.39, 0.29) is 12.3 Å². The molecule has 0 saturated heterocycles. The van der Waals surface area contributed by atoms with E-state index in [0.29, 0.717) is 5.56 Å². The van der Waals surface area contributed by atoms with E-state index in [1.807, 2.05) is 25.1 Å². The zero-order valence-electron chi connectivity index (χ0n) is 10.7. The van der Waals surface area contributed by atoms with Gasteiger partial charge in [-0.3, -0.25) is 4.52 Å². The number of benzene rings is 1. The van der Waals surface area contributed by atoms with Crippen molar-refractivity contribution in [2.75, 3.05) is 6.61 Å². The monoisotopic (exact) mass is 298 g/mol. The Bertz CT molecular complexity index is 554. The highest BCUT2D eigenvalue weighted by atomic mass is 32.5. The lowest BCUT2D eigenvalue weighted by Gasteiger charge is -2.11. The van der Waals surface area contributed by atoms with Crippen molar-refractivity contribution < 1.29 is 14.0 Å². The second kappa shape index (κ2) is 7.37. The number of nitrogens with zero attached hydrogens (tertiary/aromatic N) is 2. The van der Waals surface area contributed by atoms with E-state index in [1.165, 1.54) is 0 Å². The fraction of sp³-hybridized carbons (Fsp3) is 0.333. The maximum Gasteiger partial charge on any atom is 0.399 e. The van der Waals surface area contributed by atoms with Crippen LogP contribution in [0, 0.1) is 11.3 Å². The molecule has 5 nitrogen and oxygen atoms in total. The number of hydrogen-bond donors (Lipinski definition) is 1. The Kier molecular flexibility index (Phi) is 6.13. The smallest absolute Gasteiger partial charge is 0.314 e. The number of aryl methyl sites for hydroxylation is 1. The van der Waals surface area contributed by atoms with Crippen LogP contribution in [0.5, 0.6) is 0 Å². The van der Waals surface area contributed by atoms with Gasteiger partial charge in [0.05, 0.1) is 6.61 Å². The summed E-state index contributed by atoms with van der Waals surface area (Å²) in [5.74, 6) is 0. The molecule has 0 fully saturated rings. The van der Waals surface area contributed by atoms with E-state index >= 15 is 0 Å². The largest absolute Gasteiger partial charge is 0.399 e. The Morgan fingerprint density at radius 2 is 2.16 bits per heavy atom. The number of rotatable bonds is 6. The van der Waals surface area contributed by atoms with E-state index in [9.17, 15) is 4.89 Å². The van der Waals surface area contributed by atoms with Gasteiger partial charge in [0, 0.05) is 17.4 Å². The van der Waals surface area contributed by atoms with Crippen molar-refractivity contribution in [2.45, 2.75) is 20.3 Å². The van der Waals surface area contributed by atoms with Crippen molar-refractivity contribution >= 4 is 24.2 Å². The number of oxime groups is 1. The predicted octanol–water partition coefficient (Wildman–Crippen LogP) is 2.75. The topological polar surface area (TPSA) is 74.8 Å². The Labute approximate surface area is 117 Å². The van der Waals surface area contributed by atoms with Gasteiger partial charge in [-0.15, -0.1) is 0 Å². The fourth-order valence-electron chi connectivity index (χ4n) is 1.47. The molecular formula is C12H15N2O3PS. The van der Waals surface area contributed by atoms with Gasteiger partial charge in [-0.1, -0.05) is 36.3 Å². The van der Waals surface area contributed by atoms with Crippen LogP contribution in [0.25, 0.3) is 0 Å². The summed E-state index contributed by atoms with van der Waals surface area (Å²) in [6.45, 7) is 0.470. The molecule has 0 bridgehead atoms. The van der Waals surface area contributed by atoms with Crippen LogP contribution in [-0.2, 0) is 27.4 Å². The predicted molar refractivity (Wildman–Crippen MR) is 77.2 cm³/mol. The summed E-state index contributed by atoms with van der Waals surface area (Å²) in [6, 6.07) is 9.30. The highest BCUT2D eigenvalue weighted by Crippen LogP contribution is 2.43.